The van der Waals surface area contributed by atoms with Gasteiger partial charge in [0.15, 0.2) is 6.29 Å². The van der Waals surface area contributed by atoms with E-state index in [2.05, 4.69) is 0 Å². The fourth-order valence-corrected chi connectivity index (χ4v) is 2.71. The number of carboxylic acid groups (broad SMARTS) is 1. The topological polar surface area (TPSA) is 81.8 Å². The highest BCUT2D eigenvalue weighted by Crippen LogP contribution is 2.22. The second-order valence-corrected chi connectivity index (χ2v) is 5.72. The maximum Gasteiger partial charge on any atom is 0.320 e. The van der Waals surface area contributed by atoms with E-state index in [9.17, 15) is 4.79 Å². The molecule has 0 aromatic heterocycles. The highest BCUT2D eigenvalue weighted by molar-refractivity contribution is 7.99. The van der Waals surface area contributed by atoms with Crippen molar-refractivity contribution in [3.8, 4) is 0 Å². The molecule has 1 aliphatic rings. The zero-order valence-electron chi connectivity index (χ0n) is 11.2. The summed E-state index contributed by atoms with van der Waals surface area (Å²) in [6.45, 7) is 1.52. The van der Waals surface area contributed by atoms with Crippen molar-refractivity contribution < 1.29 is 19.4 Å². The van der Waals surface area contributed by atoms with E-state index >= 15 is 0 Å². The predicted octanol–water partition coefficient (Wildman–Crippen LogP) is 1.50. The zero-order valence-corrected chi connectivity index (χ0v) is 12.0. The molecule has 20 heavy (non-hydrogen) atoms. The summed E-state index contributed by atoms with van der Waals surface area (Å²) in [6.07, 6.45) is 1.17. The molecule has 6 heteroatoms. The van der Waals surface area contributed by atoms with Gasteiger partial charge in [-0.05, 0) is 30.5 Å². The van der Waals surface area contributed by atoms with Crippen molar-refractivity contribution in [2.24, 2.45) is 5.73 Å². The number of hydrogen-bond acceptors (Lipinski definition) is 5. The van der Waals surface area contributed by atoms with Crippen LogP contribution >= 0.6 is 11.8 Å². The Balaban J connectivity index is 1.80. The highest BCUT2D eigenvalue weighted by atomic mass is 32.2. The summed E-state index contributed by atoms with van der Waals surface area (Å²) in [5.41, 5.74) is 6.43. The SMILES string of the molecule is NC(Cc1ccc(SCC2OCCCO2)cc1)C(=O)O. The minimum atomic E-state index is -0.977. The largest absolute Gasteiger partial charge is 0.480 e. The molecule has 1 saturated heterocycles. The number of rotatable bonds is 6. The summed E-state index contributed by atoms with van der Waals surface area (Å²) in [5, 5.41) is 8.77. The third-order valence-corrected chi connectivity index (χ3v) is 4.02. The molecule has 0 amide bonds. The number of aliphatic carboxylic acids is 1. The van der Waals surface area contributed by atoms with Gasteiger partial charge in [-0.3, -0.25) is 4.79 Å². The molecule has 3 N–H and O–H groups in total. The third kappa shape index (κ3) is 4.79. The van der Waals surface area contributed by atoms with Crippen molar-refractivity contribution in [3.63, 3.8) is 0 Å². The molecule has 0 spiro atoms. The number of thioether (sulfide) groups is 1. The summed E-state index contributed by atoms with van der Waals surface area (Å²) in [6, 6.07) is 6.91. The molecule has 5 nitrogen and oxygen atoms in total. The molecule has 1 aliphatic heterocycles. The van der Waals surface area contributed by atoms with Gasteiger partial charge in [-0.15, -0.1) is 11.8 Å². The van der Waals surface area contributed by atoms with Gasteiger partial charge in [-0.25, -0.2) is 0 Å². The molecule has 1 heterocycles. The van der Waals surface area contributed by atoms with Crippen molar-refractivity contribution in [2.75, 3.05) is 19.0 Å². The van der Waals surface area contributed by atoms with Crippen LogP contribution in [0.4, 0.5) is 0 Å². The summed E-state index contributed by atoms with van der Waals surface area (Å²) >= 11 is 1.66. The van der Waals surface area contributed by atoms with E-state index < -0.39 is 12.0 Å². The second-order valence-electron chi connectivity index (χ2n) is 4.63. The van der Waals surface area contributed by atoms with Crippen LogP contribution in [0.5, 0.6) is 0 Å². The summed E-state index contributed by atoms with van der Waals surface area (Å²) in [7, 11) is 0. The van der Waals surface area contributed by atoms with Crippen LogP contribution in [0, 0.1) is 0 Å². The zero-order chi connectivity index (χ0) is 14.4. The Kier molecular flexibility index (Phi) is 5.85. The van der Waals surface area contributed by atoms with E-state index in [0.717, 1.165) is 35.8 Å². The Morgan fingerprint density at radius 1 is 1.35 bits per heavy atom. The van der Waals surface area contributed by atoms with Crippen LogP contribution < -0.4 is 5.73 Å². The number of ether oxygens (including phenoxy) is 2. The van der Waals surface area contributed by atoms with Crippen LogP contribution in [0.25, 0.3) is 0 Å². The molecule has 2 rings (SSSR count). The molecular formula is C14H19NO4S. The van der Waals surface area contributed by atoms with Crippen molar-refractivity contribution in [3.05, 3.63) is 29.8 Å². The Hall–Kier alpha value is -1.08. The first-order chi connectivity index (χ1) is 9.65. The number of nitrogens with two attached hydrogens (primary N) is 1. The van der Waals surface area contributed by atoms with Gasteiger partial charge in [0.05, 0.1) is 13.2 Å². The molecule has 1 fully saturated rings. The maximum atomic E-state index is 10.7. The fourth-order valence-electron chi connectivity index (χ4n) is 1.86. The number of benzene rings is 1. The lowest BCUT2D eigenvalue weighted by atomic mass is 10.1. The van der Waals surface area contributed by atoms with E-state index in [0.29, 0.717) is 6.42 Å². The van der Waals surface area contributed by atoms with Gasteiger partial charge in [0.2, 0.25) is 0 Å². The smallest absolute Gasteiger partial charge is 0.320 e. The summed E-state index contributed by atoms with van der Waals surface area (Å²) < 4.78 is 11.0. The van der Waals surface area contributed by atoms with E-state index in [4.69, 9.17) is 20.3 Å². The van der Waals surface area contributed by atoms with Crippen molar-refractivity contribution in [1.29, 1.82) is 0 Å². The monoisotopic (exact) mass is 297 g/mol. The first-order valence-corrected chi connectivity index (χ1v) is 7.57. The molecule has 110 valence electrons. The molecular weight excluding hydrogens is 278 g/mol. The first kappa shape index (κ1) is 15.3. The van der Waals surface area contributed by atoms with Gasteiger partial charge in [-0.2, -0.15) is 0 Å². The van der Waals surface area contributed by atoms with Gasteiger partial charge < -0.3 is 20.3 Å². The summed E-state index contributed by atoms with van der Waals surface area (Å²) in [5.74, 6) is -0.219. The number of carboxylic acids is 1. The molecule has 0 radical (unpaired) electrons. The fraction of sp³-hybridized carbons (Fsp3) is 0.500. The Bertz CT molecular complexity index is 431. The van der Waals surface area contributed by atoms with E-state index in [1.165, 1.54) is 0 Å². The van der Waals surface area contributed by atoms with Gasteiger partial charge in [0, 0.05) is 10.6 Å². The van der Waals surface area contributed by atoms with Crippen LogP contribution in [-0.2, 0) is 20.7 Å². The predicted molar refractivity (Wildman–Crippen MR) is 76.8 cm³/mol. The molecule has 0 aliphatic carbocycles. The summed E-state index contributed by atoms with van der Waals surface area (Å²) in [4.78, 5) is 11.8. The van der Waals surface area contributed by atoms with Crippen LogP contribution in [0.1, 0.15) is 12.0 Å². The third-order valence-electron chi connectivity index (χ3n) is 2.98. The first-order valence-electron chi connectivity index (χ1n) is 6.58. The standard InChI is InChI=1S/C14H19NO4S/c15-12(14(16)17)8-10-2-4-11(5-3-10)20-9-13-18-6-1-7-19-13/h2-5,12-13H,1,6-9,15H2,(H,16,17). The lowest BCUT2D eigenvalue weighted by Gasteiger charge is -2.22. The average Bonchev–Trinajstić information content (AvgIpc) is 2.47. The Morgan fingerprint density at radius 3 is 2.60 bits per heavy atom. The minimum absolute atomic E-state index is 0.131. The Labute approximate surface area is 122 Å². The average molecular weight is 297 g/mol. The van der Waals surface area contributed by atoms with Crippen molar-refractivity contribution in [1.82, 2.24) is 0 Å². The van der Waals surface area contributed by atoms with E-state index in [-0.39, 0.29) is 6.29 Å². The molecule has 1 unspecified atom stereocenters. The second kappa shape index (κ2) is 7.64. The number of hydrogen-bond donors (Lipinski definition) is 2. The van der Waals surface area contributed by atoms with Gasteiger partial charge in [0.25, 0.3) is 0 Å². The van der Waals surface area contributed by atoms with Crippen molar-refractivity contribution >= 4 is 17.7 Å². The Morgan fingerprint density at radius 2 is 2.00 bits per heavy atom. The van der Waals surface area contributed by atoms with Crippen LogP contribution in [-0.4, -0.2) is 42.4 Å². The van der Waals surface area contributed by atoms with E-state index in [1.807, 2.05) is 24.3 Å². The molecule has 1 atom stereocenters. The van der Waals surface area contributed by atoms with Crippen molar-refractivity contribution in [2.45, 2.75) is 30.1 Å². The quantitative estimate of drug-likeness (QED) is 0.774. The molecule has 0 bridgehead atoms. The number of carbonyl (C=O) groups is 1. The van der Waals surface area contributed by atoms with Crippen LogP contribution in [0.3, 0.4) is 0 Å². The highest BCUT2D eigenvalue weighted by Gasteiger charge is 2.15. The molecule has 1 aromatic carbocycles. The van der Waals surface area contributed by atoms with Gasteiger partial charge in [-0.1, -0.05) is 12.1 Å². The van der Waals surface area contributed by atoms with Gasteiger partial charge in [0.1, 0.15) is 6.04 Å². The van der Waals surface area contributed by atoms with Crippen LogP contribution in [0.15, 0.2) is 29.2 Å². The van der Waals surface area contributed by atoms with E-state index in [1.54, 1.807) is 11.8 Å². The minimum Gasteiger partial charge on any atom is -0.480 e. The molecule has 0 saturated carbocycles. The lowest BCUT2D eigenvalue weighted by molar-refractivity contribution is -0.164. The normalized spacial score (nSPS) is 17.9. The van der Waals surface area contributed by atoms with Crippen LogP contribution in [0.2, 0.25) is 0 Å². The lowest BCUT2D eigenvalue weighted by Crippen LogP contribution is -2.32. The maximum absolute atomic E-state index is 10.7. The van der Waals surface area contributed by atoms with Gasteiger partial charge >= 0.3 is 5.97 Å². The molecule has 1 aromatic rings.